The Morgan fingerprint density at radius 2 is 0.938 bits per heavy atom. The average molecular weight is 1160 g/mol. The molecule has 0 spiro atoms. The maximum Gasteiger partial charge on any atom is 0.416 e. The van der Waals surface area contributed by atoms with Crippen LogP contribution in [0.1, 0.15) is 123 Å². The molecule has 15 nitrogen and oxygen atoms in total. The zero-order valence-electron chi connectivity index (χ0n) is 43.9. The molecule has 0 bridgehead atoms. The highest BCUT2D eigenvalue weighted by molar-refractivity contribution is 5.91. The molecule has 6 aromatic rings. The second-order valence-electron chi connectivity index (χ2n) is 20.0. The average Bonchev–Trinajstić information content (AvgIpc) is 4.22. The summed E-state index contributed by atoms with van der Waals surface area (Å²) in [5.41, 5.74) is -9.65. The summed E-state index contributed by atoms with van der Waals surface area (Å²) in [4.78, 5) is 38.1. The monoisotopic (exact) mass is 1160 g/mol. The fourth-order valence-corrected chi connectivity index (χ4v) is 10.5. The van der Waals surface area contributed by atoms with Gasteiger partial charge in [0.05, 0.1) is 64.5 Å². The molecule has 4 heterocycles. The van der Waals surface area contributed by atoms with E-state index in [1.165, 1.54) is 35.6 Å². The van der Waals surface area contributed by atoms with Crippen molar-refractivity contribution in [1.29, 1.82) is 0 Å². The number of alkyl halides is 12. The predicted octanol–water partition coefficient (Wildman–Crippen LogP) is 10.9. The van der Waals surface area contributed by atoms with Crippen LogP contribution < -0.4 is 22.0 Å². The van der Waals surface area contributed by atoms with Crippen molar-refractivity contribution in [1.82, 2.24) is 40.2 Å². The summed E-state index contributed by atoms with van der Waals surface area (Å²) in [6.45, 7) is 6.09. The molecule has 8 rings (SSSR count). The number of piperidine rings is 2. The van der Waals surface area contributed by atoms with Gasteiger partial charge in [-0.15, -0.1) is 0 Å². The topological polar surface area (TPSA) is 194 Å². The first-order valence-electron chi connectivity index (χ1n) is 25.4. The van der Waals surface area contributed by atoms with Crippen LogP contribution in [0.4, 0.5) is 52.7 Å². The molecule has 2 saturated heterocycles. The highest BCUT2D eigenvalue weighted by Gasteiger charge is 2.51. The third kappa shape index (κ3) is 13.2. The molecule has 81 heavy (non-hydrogen) atoms. The molecule has 0 aliphatic carbocycles. The minimum Gasteiger partial charge on any atom is -0.411 e. The number of Topliss-reactive ketones (excluding diaryl/α,β-unsaturated/α-hetero) is 1. The van der Waals surface area contributed by atoms with Gasteiger partial charge in [0.15, 0.2) is 5.78 Å². The smallest absolute Gasteiger partial charge is 0.411 e. The lowest BCUT2D eigenvalue weighted by Crippen LogP contribution is -2.63. The first-order chi connectivity index (χ1) is 38.0. The quantitative estimate of drug-likeness (QED) is 0.0269. The molecule has 2 aromatic heterocycles. The summed E-state index contributed by atoms with van der Waals surface area (Å²) in [5, 5.41) is 32.2. The van der Waals surface area contributed by atoms with Crippen molar-refractivity contribution in [3.05, 3.63) is 175 Å². The number of aromatic nitrogens is 6. The number of carbonyl (C=O) groups is 1. The number of ether oxygens (including phenoxy) is 2. The minimum absolute atomic E-state index is 0.0214. The summed E-state index contributed by atoms with van der Waals surface area (Å²) in [6, 6.07) is 20.8. The van der Waals surface area contributed by atoms with Gasteiger partial charge in [-0.2, -0.15) is 62.9 Å². The molecule has 438 valence electrons. The van der Waals surface area contributed by atoms with Crippen molar-refractivity contribution in [2.45, 2.75) is 125 Å². The zero-order chi connectivity index (χ0) is 59.4. The molecule has 4 aromatic carbocycles. The fraction of sp³-hybridized carbons (Fsp3) is 0.444. The van der Waals surface area contributed by atoms with E-state index in [4.69, 9.17) is 9.47 Å². The maximum absolute atomic E-state index is 13.4. The molecule has 27 heteroatoms. The Labute approximate surface area is 454 Å². The number of nitrogens with one attached hydrogen (secondary N) is 4. The summed E-state index contributed by atoms with van der Waals surface area (Å²) < 4.78 is 175. The van der Waals surface area contributed by atoms with Crippen LogP contribution in [0.25, 0.3) is 0 Å². The van der Waals surface area contributed by atoms with Crippen LogP contribution in [0, 0.1) is 0 Å². The van der Waals surface area contributed by atoms with E-state index in [2.05, 4.69) is 36.2 Å². The number of oxime groups is 1. The van der Waals surface area contributed by atoms with Gasteiger partial charge in [0.25, 0.3) is 0 Å². The summed E-state index contributed by atoms with van der Waals surface area (Å²) in [6.07, 6.45) is -18.1. The van der Waals surface area contributed by atoms with E-state index in [0.29, 0.717) is 42.8 Å². The van der Waals surface area contributed by atoms with Crippen LogP contribution in [0.5, 0.6) is 0 Å². The number of nitrogens with zero attached hydrogens (tertiary/aromatic N) is 5. The van der Waals surface area contributed by atoms with Gasteiger partial charge in [-0.3, -0.25) is 13.9 Å². The number of hydrogen-bond donors (Lipinski definition) is 5. The summed E-state index contributed by atoms with van der Waals surface area (Å²) in [7, 11) is 0. The number of halogens is 12. The van der Waals surface area contributed by atoms with Crippen LogP contribution >= 0.6 is 0 Å². The third-order valence-corrected chi connectivity index (χ3v) is 15.2. The van der Waals surface area contributed by atoms with E-state index in [-0.39, 0.29) is 81.0 Å². The zero-order valence-corrected chi connectivity index (χ0v) is 43.9. The number of ketones is 1. The fourth-order valence-electron chi connectivity index (χ4n) is 10.5. The maximum atomic E-state index is 13.4. The molecule has 2 fully saturated rings. The molecular weight excluding hydrogens is 1100 g/mol. The number of benzene rings is 4. The van der Waals surface area contributed by atoms with Gasteiger partial charge in [-0.05, 0) is 105 Å². The molecule has 0 radical (unpaired) electrons. The Morgan fingerprint density at radius 3 is 1.22 bits per heavy atom. The molecule has 5 N–H and O–H groups in total. The van der Waals surface area contributed by atoms with E-state index in [0.717, 1.165) is 11.1 Å². The van der Waals surface area contributed by atoms with E-state index in [1.807, 2.05) is 24.3 Å². The SMILES string of the molecule is CC/C(=N\O)[C@]1(n2cn[nH]c2=O)CC[C@@](CO[C@H](C)c2cc(C(F)(F)F)cc(C(F)(F)F)c2)(c2ccccc2)NC1.CCC(=O)[C@]1(n2cn[nH]c2=O)CC[C@@](CO[C@H](C)c2cc(C(F)(F)F)cc(C(F)(F)F)c2)(c2ccccc2)NC1. The largest absolute Gasteiger partial charge is 0.416 e. The normalized spacial score (nSPS) is 22.8. The Hall–Kier alpha value is -7.10. The molecule has 0 amide bonds. The highest BCUT2D eigenvalue weighted by Crippen LogP contribution is 2.44. The van der Waals surface area contributed by atoms with Crippen LogP contribution in [0.3, 0.4) is 0 Å². The first kappa shape index (κ1) is 61.5. The van der Waals surface area contributed by atoms with Gasteiger partial charge in [0, 0.05) is 19.5 Å². The lowest BCUT2D eigenvalue weighted by molar-refractivity contribution is -0.145. The van der Waals surface area contributed by atoms with Gasteiger partial charge in [-0.1, -0.05) is 79.7 Å². The van der Waals surface area contributed by atoms with E-state index in [1.54, 1.807) is 50.2 Å². The van der Waals surface area contributed by atoms with Crippen LogP contribution in [0.2, 0.25) is 0 Å². The summed E-state index contributed by atoms with van der Waals surface area (Å²) >= 11 is 0. The molecule has 0 saturated carbocycles. The Bertz CT molecular complexity index is 3180. The van der Waals surface area contributed by atoms with Crippen LogP contribution in [-0.4, -0.2) is 72.5 Å². The van der Waals surface area contributed by atoms with E-state index < -0.39 is 92.7 Å². The number of aromatic amines is 2. The van der Waals surface area contributed by atoms with Crippen molar-refractivity contribution in [2.24, 2.45) is 5.16 Å². The minimum atomic E-state index is -4.98. The second kappa shape index (κ2) is 23.8. The molecule has 6 atom stereocenters. The van der Waals surface area contributed by atoms with Crippen molar-refractivity contribution in [3.8, 4) is 0 Å². The standard InChI is InChI=1S/C27H29F6N5O3.C27H28F6N4O3/c1-3-22(37-40)25(38-16-35-36-23(38)39)10-9-24(34-14-25,19-7-5-4-6-8-19)15-41-17(2)18-11-20(26(28,29)30)13-21(12-18)27(31,32)33;1-3-22(38)25(37-16-35-36-23(37)39)10-9-24(34-14-25,19-7-5-4-6-8-19)15-40-17(2)18-11-20(26(28,29)30)13-21(12-18)27(31,32)33/h4-8,11-13,16-17,34,40H,3,9-10,14-15H2,1-2H3,(H,36,39);4-8,11-13,16-17,34H,3,9-10,14-15H2,1-2H3,(H,36,39)/b37-22+;/t2*17-,24-,25+/m11/s1. The highest BCUT2D eigenvalue weighted by atomic mass is 19.4. The lowest BCUT2D eigenvalue weighted by atomic mass is 9.73. The van der Waals surface area contributed by atoms with Crippen molar-refractivity contribution in [3.63, 3.8) is 0 Å². The Kier molecular flexibility index (Phi) is 18.1. The molecule has 2 aliphatic rings. The lowest BCUT2D eigenvalue weighted by Gasteiger charge is -2.48. The van der Waals surface area contributed by atoms with Crippen molar-refractivity contribution >= 4 is 11.5 Å². The Balaban J connectivity index is 0.000000234. The van der Waals surface area contributed by atoms with E-state index >= 15 is 0 Å². The van der Waals surface area contributed by atoms with Gasteiger partial charge in [-0.25, -0.2) is 19.8 Å². The van der Waals surface area contributed by atoms with Crippen LogP contribution in [0.15, 0.2) is 124 Å². The summed E-state index contributed by atoms with van der Waals surface area (Å²) in [5.74, 6) is -0.192. The van der Waals surface area contributed by atoms with Crippen LogP contribution in [-0.2, 0) is 61.1 Å². The number of hydrogen-bond acceptors (Lipinski definition) is 11. The molecule has 2 aliphatic heterocycles. The van der Waals surface area contributed by atoms with Gasteiger partial charge in [0.1, 0.15) is 23.7 Å². The van der Waals surface area contributed by atoms with Crippen molar-refractivity contribution < 1.29 is 72.2 Å². The first-order valence-corrected chi connectivity index (χ1v) is 25.4. The number of carbonyl (C=O) groups excluding carboxylic acids is 1. The van der Waals surface area contributed by atoms with Crippen molar-refractivity contribution in [2.75, 3.05) is 26.3 Å². The van der Waals surface area contributed by atoms with Gasteiger partial charge < -0.3 is 25.3 Å². The van der Waals surface area contributed by atoms with Gasteiger partial charge >= 0.3 is 36.1 Å². The molecule has 0 unspecified atom stereocenters. The molecular formula is C54H57F12N9O6. The number of rotatable bonds is 16. The number of H-pyrrole nitrogens is 2. The second-order valence-corrected chi connectivity index (χ2v) is 20.0. The van der Waals surface area contributed by atoms with Gasteiger partial charge in [0.2, 0.25) is 0 Å². The predicted molar refractivity (Wildman–Crippen MR) is 269 cm³/mol. The third-order valence-electron chi connectivity index (χ3n) is 15.2. The van der Waals surface area contributed by atoms with E-state index in [9.17, 15) is 72.3 Å². The Morgan fingerprint density at radius 1 is 0.580 bits per heavy atom.